The van der Waals surface area contributed by atoms with Crippen LogP contribution in [-0.4, -0.2) is 57.7 Å². The van der Waals surface area contributed by atoms with Crippen molar-refractivity contribution < 1.29 is 0 Å². The highest BCUT2D eigenvalue weighted by Crippen LogP contribution is 2.67. The molecule has 16 bridgehead atoms. The molecule has 12 nitrogen and oxygen atoms in total. The summed E-state index contributed by atoms with van der Waals surface area (Å²) in [6, 6.07) is 115. The van der Waals surface area contributed by atoms with Crippen LogP contribution in [-0.2, 0) is 21.7 Å². The van der Waals surface area contributed by atoms with Crippen molar-refractivity contribution in [3.05, 3.63) is 343 Å². The lowest BCUT2D eigenvalue weighted by atomic mass is 9.49. The van der Waals surface area contributed by atoms with Gasteiger partial charge < -0.3 is 27.8 Å². The number of halogens is 1. The Morgan fingerprint density at radius 2 is 0.420 bits per heavy atom. The number of hydrogen-bond donors (Lipinski definition) is 1. The Labute approximate surface area is 839 Å². The van der Waals surface area contributed by atoms with E-state index in [0.29, 0.717) is 0 Å². The summed E-state index contributed by atoms with van der Waals surface area (Å²) in [4.78, 5) is 37.2. The number of aromatic nitrogens is 12. The normalized spacial score (nSPS) is 27.2. The van der Waals surface area contributed by atoms with E-state index >= 15 is 0 Å². The molecule has 0 unspecified atom stereocenters. The van der Waals surface area contributed by atoms with Gasteiger partial charge >= 0.3 is 0 Å². The Hall–Kier alpha value is -13.6. The third-order valence-electron chi connectivity index (χ3n) is 38.4. The zero-order chi connectivity index (χ0) is 93.4. The largest absolute Gasteiger partial charge is 0.354 e. The van der Waals surface area contributed by atoms with Gasteiger partial charge in [0.1, 0.15) is 23.3 Å². The third kappa shape index (κ3) is 12.5. The van der Waals surface area contributed by atoms with Crippen molar-refractivity contribution in [2.45, 2.75) is 176 Å². The fraction of sp³-hybridized carbons (Fsp3) is 0.308. The van der Waals surface area contributed by atoms with Crippen LogP contribution in [0.15, 0.2) is 320 Å². The molecule has 1 N–H and O–H groups in total. The zero-order valence-corrected chi connectivity index (χ0v) is 82.3. The molecule has 16 aliphatic carbocycles. The van der Waals surface area contributed by atoms with Gasteiger partial charge in [0.2, 0.25) is 0 Å². The summed E-state index contributed by atoms with van der Waals surface area (Å²) in [5, 5.41) is 15.1. The number of H-pyrrole nitrogens is 1. The van der Waals surface area contributed by atoms with Gasteiger partial charge in [-0.25, -0.2) is 29.9 Å². The van der Waals surface area contributed by atoms with Gasteiger partial charge in [0.25, 0.3) is 0 Å². The van der Waals surface area contributed by atoms with Crippen LogP contribution in [0.5, 0.6) is 0 Å². The van der Waals surface area contributed by atoms with Crippen molar-refractivity contribution >= 4 is 147 Å². The lowest BCUT2D eigenvalue weighted by Gasteiger charge is -2.57. The van der Waals surface area contributed by atoms with Gasteiger partial charge in [0.15, 0.2) is 11.6 Å². The summed E-state index contributed by atoms with van der Waals surface area (Å²) in [6.45, 7) is 0. The van der Waals surface area contributed by atoms with Crippen LogP contribution < -0.4 is 0 Å². The second-order valence-corrected chi connectivity index (χ2v) is 48.0. The van der Waals surface area contributed by atoms with Gasteiger partial charge in [0, 0.05) is 136 Å². The van der Waals surface area contributed by atoms with Crippen molar-refractivity contribution in [3.63, 3.8) is 0 Å². The summed E-state index contributed by atoms with van der Waals surface area (Å²) < 4.78 is 13.7. The van der Waals surface area contributed by atoms with Crippen molar-refractivity contribution in [1.29, 1.82) is 0 Å². The minimum Gasteiger partial charge on any atom is -0.354 e. The molecule has 0 radical (unpaired) electrons. The number of para-hydroxylation sites is 10. The smallest absolute Gasteiger partial charge is 0.163 e. The maximum Gasteiger partial charge on any atom is 0.163 e. The van der Waals surface area contributed by atoms with Crippen molar-refractivity contribution in [2.24, 2.45) is 71.0 Å². The van der Waals surface area contributed by atoms with Crippen molar-refractivity contribution in [3.8, 4) is 51.2 Å². The highest BCUT2D eigenvalue weighted by atomic mass is 79.9. The molecule has 143 heavy (non-hydrogen) atoms. The summed E-state index contributed by atoms with van der Waals surface area (Å²) >= 11 is 3.61. The first-order valence-electron chi connectivity index (χ1n) is 53.9. The Morgan fingerprint density at radius 3 is 0.692 bits per heavy atom. The first-order valence-corrected chi connectivity index (χ1v) is 54.7. The van der Waals surface area contributed by atoms with E-state index < -0.39 is 0 Å². The Kier molecular flexibility index (Phi) is 18.1. The van der Waals surface area contributed by atoms with Crippen LogP contribution in [0.1, 0.15) is 177 Å². The molecule has 700 valence electrons. The van der Waals surface area contributed by atoms with Gasteiger partial charge in [0.05, 0.1) is 60.7 Å². The Morgan fingerprint density at radius 1 is 0.210 bits per heavy atom. The minimum absolute atomic E-state index is 0.101. The second kappa shape index (κ2) is 31.2. The number of nitrogens with one attached hydrogen (secondary N) is 1. The summed E-state index contributed by atoms with van der Waals surface area (Å²) in [7, 11) is 0. The van der Waals surface area contributed by atoms with Crippen LogP contribution in [0.25, 0.3) is 182 Å². The van der Waals surface area contributed by atoms with E-state index in [-0.39, 0.29) is 21.7 Å². The monoisotopic (exact) mass is 1920 g/mol. The summed E-state index contributed by atoms with van der Waals surface area (Å²) in [5.74, 6) is 16.9. The van der Waals surface area contributed by atoms with E-state index in [1.165, 1.54) is 291 Å². The predicted octanol–water partition coefficient (Wildman–Crippen LogP) is 32.5. The lowest BCUT2D eigenvalue weighted by molar-refractivity contribution is -0.0157. The highest BCUT2D eigenvalue weighted by molar-refractivity contribution is 9.10. The van der Waals surface area contributed by atoms with Crippen molar-refractivity contribution in [2.75, 3.05) is 0 Å². The van der Waals surface area contributed by atoms with Crippen molar-refractivity contribution in [1.82, 2.24) is 57.7 Å². The average Bonchev–Trinajstić information content (AvgIpc) is 1.51. The molecule has 0 aliphatic heterocycles. The molecule has 8 aromatic heterocycles. The van der Waals surface area contributed by atoms with E-state index in [1.807, 2.05) is 0 Å². The first kappa shape index (κ1) is 82.9. The number of aromatic amines is 1. The van der Waals surface area contributed by atoms with Gasteiger partial charge in [-0.15, -0.1) is 0 Å². The Bertz CT molecular complexity index is 8600. The first-order chi connectivity index (χ1) is 70.5. The maximum absolute atomic E-state index is 5.78. The fourth-order valence-electron chi connectivity index (χ4n) is 34.7. The topological polar surface area (TPSA) is 118 Å². The Balaban J connectivity index is 0.000000107. The molecular formula is C130H113BrN12. The van der Waals surface area contributed by atoms with Crippen LogP contribution in [0.4, 0.5) is 0 Å². The molecule has 0 spiro atoms. The minimum atomic E-state index is 0.101. The van der Waals surface area contributed by atoms with E-state index in [2.05, 4.69) is 359 Å². The van der Waals surface area contributed by atoms with Gasteiger partial charge in [-0.05, 0) is 346 Å². The number of nitrogens with zero attached hydrogens (tertiary/aromatic N) is 11. The number of hydrogen-bond acceptors (Lipinski definition) is 6. The summed E-state index contributed by atoms with van der Waals surface area (Å²) in [5.41, 5.74) is 23.2. The number of rotatable bonds is 11. The average molecular weight is 1920 g/mol. The van der Waals surface area contributed by atoms with Crippen LogP contribution in [0, 0.1) is 71.0 Å². The molecule has 0 amide bonds. The molecule has 16 aliphatic rings. The molecule has 22 aromatic rings. The van der Waals surface area contributed by atoms with Crippen LogP contribution in [0.2, 0.25) is 0 Å². The standard InChI is InChI=1S/C65H56N6.C36H23N3.C29H34BrN3/c1-3-13-46(14-4-1)69-52-20-10-7-17-49(52)55-58-56(50-18-8-11-21-53(50)70(58)47-15-5-2-6-16-47)60-57(59(55)69)51-19-9-12-22-54(51)71(60)48-25-23-45(24-26-48)61-66-62(64-33-39-27-40(34-64)29-41(28-39)35-64)68-63(67-61)65-36-42-30-43(37-65)32-44(31-42)38-65;1-3-13-23(14-4-1)38-29-21-11-8-18-26(29)32-34-31(25-17-7-10-20-28(25)37-34)35-33(36(32)38)27-19-9-12-22-30(27)39(35)24-15-5-2-6-16-24;30-24-3-1-23(2-4-24)25-31-26(28-11-17-5-18(12-28)7-19(6-17)13-28)33-27(32-25)29-14-20-8-21(15-29)10-22(9-20)16-29/h1-26,39-44H,27-38H2;1-22,37H;1-4,17-22H,5-16H2. The fourth-order valence-corrected chi connectivity index (χ4v) is 34.9. The second-order valence-electron chi connectivity index (χ2n) is 47.1. The van der Waals surface area contributed by atoms with Crippen LogP contribution in [0.3, 0.4) is 0 Å². The number of fused-ring (bicyclic) bond motifs is 24. The zero-order valence-electron chi connectivity index (χ0n) is 80.7. The number of benzene rings is 14. The molecule has 16 saturated carbocycles. The molecular weight excluding hydrogens is 1810 g/mol. The SMILES string of the molecule is Brc1ccc(-c2nc(C34CC5CC(CC(C5)C3)C4)nc(C34CC5CC(CC(C5)C3)C4)n2)cc1.c1ccc(-n2c3ccccc3c3c2c2c4ccccc4n(-c4ccc(-c5nc(C67CC8CC(CC(C8)C6)C7)nc(C67CC8CC(CC(C8)C6)C7)n5)cc4)c2c2c4ccccc4n(-c4ccccc4)c32)cc1.c1ccc(-n2c3ccccc3c3c4[nH]c5ccccc5c4c4c(c5ccccc5n4-c4ccccc4)c32)cc1. The van der Waals surface area contributed by atoms with Gasteiger partial charge in [-0.2, -0.15) is 0 Å². The van der Waals surface area contributed by atoms with Gasteiger partial charge in [-0.1, -0.05) is 210 Å². The predicted molar refractivity (Wildman–Crippen MR) is 585 cm³/mol. The molecule has 13 heteroatoms. The van der Waals surface area contributed by atoms with E-state index in [0.717, 1.165) is 144 Å². The molecule has 16 fully saturated rings. The van der Waals surface area contributed by atoms with Gasteiger partial charge in [-0.3, -0.25) is 0 Å². The van der Waals surface area contributed by atoms with E-state index in [9.17, 15) is 0 Å². The molecule has 8 heterocycles. The molecule has 0 atom stereocenters. The van der Waals surface area contributed by atoms with Crippen LogP contribution >= 0.6 is 15.9 Å². The quantitative estimate of drug-likeness (QED) is 0.138. The molecule has 14 aromatic carbocycles. The van der Waals surface area contributed by atoms with E-state index in [4.69, 9.17) is 29.9 Å². The molecule has 0 saturated heterocycles. The lowest BCUT2D eigenvalue weighted by Crippen LogP contribution is -2.51. The van der Waals surface area contributed by atoms with E-state index in [1.54, 1.807) is 0 Å². The third-order valence-corrected chi connectivity index (χ3v) is 38.9. The highest BCUT2D eigenvalue weighted by Gasteiger charge is 2.59. The summed E-state index contributed by atoms with van der Waals surface area (Å²) in [6.07, 6.45) is 32.8. The molecule has 38 rings (SSSR count). The maximum atomic E-state index is 5.78.